The number of ether oxygens (including phenoxy) is 2. The molecule has 4 heterocycles. The van der Waals surface area contributed by atoms with Crippen LogP contribution in [0.15, 0.2) is 67.0 Å². The molecule has 0 spiro atoms. The van der Waals surface area contributed by atoms with Crippen molar-refractivity contribution < 1.29 is 37.1 Å². The number of hydroxylamine groups is 2. The average Bonchev–Trinajstić information content (AvgIpc) is 3.64. The van der Waals surface area contributed by atoms with E-state index in [9.17, 15) is 22.8 Å². The lowest BCUT2D eigenvalue weighted by molar-refractivity contribution is -0.241. The van der Waals surface area contributed by atoms with Crippen molar-refractivity contribution in [3.05, 3.63) is 83.8 Å². The third-order valence-electron chi connectivity index (χ3n) is 7.53. The summed E-state index contributed by atoms with van der Waals surface area (Å²) in [7, 11) is 1.58. The van der Waals surface area contributed by atoms with Crippen LogP contribution in [-0.4, -0.2) is 74.1 Å². The Bertz CT molecular complexity index is 1910. The number of anilines is 2. The molecule has 1 atom stereocenters. The number of methoxy groups -OCH3 is 1. The Labute approximate surface area is 272 Å². The monoisotopic (exact) mass is 664 g/mol. The topological polar surface area (TPSA) is 149 Å². The van der Waals surface area contributed by atoms with Gasteiger partial charge in [-0.25, -0.2) is 19.4 Å². The van der Waals surface area contributed by atoms with Gasteiger partial charge in [0.05, 0.1) is 20.2 Å². The quantitative estimate of drug-likeness (QED) is 0.176. The molecule has 0 saturated carbocycles. The minimum atomic E-state index is -5.10. The van der Waals surface area contributed by atoms with E-state index in [0.29, 0.717) is 65.0 Å². The van der Waals surface area contributed by atoms with Crippen LogP contribution in [0.2, 0.25) is 0 Å². The molecule has 0 bridgehead atoms. The summed E-state index contributed by atoms with van der Waals surface area (Å²) < 4.78 is 51.8. The highest BCUT2D eigenvalue weighted by atomic mass is 19.4. The van der Waals surface area contributed by atoms with Gasteiger partial charge in [-0.05, 0) is 61.7 Å². The van der Waals surface area contributed by atoms with Gasteiger partial charge in [0.1, 0.15) is 22.6 Å². The molecule has 1 amide bonds. The number of carbonyl (C=O) groups excluding carboxylic acids is 2. The number of piperidine rings is 1. The summed E-state index contributed by atoms with van der Waals surface area (Å²) in [6.45, 7) is 2.34. The molecule has 3 aromatic heterocycles. The lowest BCUT2D eigenvalue weighted by Gasteiger charge is -2.31. The molecule has 16 heteroatoms. The van der Waals surface area contributed by atoms with Crippen molar-refractivity contribution in [2.75, 3.05) is 30.8 Å². The van der Waals surface area contributed by atoms with Crippen molar-refractivity contribution in [1.29, 1.82) is 0 Å². The first kappa shape index (κ1) is 32.3. The van der Waals surface area contributed by atoms with Crippen molar-refractivity contribution in [1.82, 2.24) is 29.8 Å². The Kier molecular flexibility index (Phi) is 9.16. The normalized spacial score (nSPS) is 15.2. The minimum Gasteiger partial charge on any atom is -0.497 e. The van der Waals surface area contributed by atoms with Gasteiger partial charge in [-0.3, -0.25) is 10.1 Å². The van der Waals surface area contributed by atoms with Crippen molar-refractivity contribution in [3.8, 4) is 17.2 Å². The predicted octanol–water partition coefficient (Wildman–Crippen LogP) is 5.46. The Morgan fingerprint density at radius 1 is 1.04 bits per heavy atom. The molecule has 48 heavy (non-hydrogen) atoms. The lowest BCUT2D eigenvalue weighted by Crippen LogP contribution is -2.45. The van der Waals surface area contributed by atoms with Gasteiger partial charge in [-0.1, -0.05) is 12.1 Å². The number of pyridine rings is 1. The Morgan fingerprint density at radius 2 is 1.79 bits per heavy atom. The summed E-state index contributed by atoms with van der Waals surface area (Å²) >= 11 is 0. The third-order valence-corrected chi connectivity index (χ3v) is 7.53. The number of nitrogens with zero attached hydrogens (tertiary/aromatic N) is 5. The van der Waals surface area contributed by atoms with Crippen LogP contribution in [0, 0.1) is 6.92 Å². The van der Waals surface area contributed by atoms with E-state index >= 15 is 0 Å². The second-order valence-electron chi connectivity index (χ2n) is 11.1. The number of hydrogen-bond donors (Lipinski definition) is 3. The number of benzene rings is 2. The summed E-state index contributed by atoms with van der Waals surface area (Å²) in [4.78, 5) is 40.4. The summed E-state index contributed by atoms with van der Waals surface area (Å²) in [6.07, 6.45) is -0.842. The maximum atomic E-state index is 12.8. The SMILES string of the molecule is COc1ccc(Cn2nc(N[C@@H]3CCCN(OC(=O)C(F)(F)F)C3)c3c(Oc4ccc(C(=O)Nc5ncc(C)[nH]5)cc4)ccnc32)cc1. The second-order valence-corrected chi connectivity index (χ2v) is 11.1. The third kappa shape index (κ3) is 7.49. The number of imidazole rings is 1. The van der Waals surface area contributed by atoms with Crippen LogP contribution in [-0.2, 0) is 16.2 Å². The number of H-pyrrole nitrogens is 1. The molecule has 1 aliphatic rings. The van der Waals surface area contributed by atoms with E-state index in [2.05, 4.69) is 30.4 Å². The number of halogens is 3. The Morgan fingerprint density at radius 3 is 2.48 bits per heavy atom. The molecule has 13 nitrogen and oxygen atoms in total. The van der Waals surface area contributed by atoms with E-state index in [1.54, 1.807) is 54.5 Å². The number of carbonyl (C=O) groups is 2. The number of alkyl halides is 3. The molecule has 1 aliphatic heterocycles. The van der Waals surface area contributed by atoms with Crippen LogP contribution < -0.4 is 20.1 Å². The Hall–Kier alpha value is -5.64. The van der Waals surface area contributed by atoms with Crippen molar-refractivity contribution in [2.24, 2.45) is 0 Å². The minimum absolute atomic E-state index is 0.00616. The predicted molar refractivity (Wildman–Crippen MR) is 168 cm³/mol. The van der Waals surface area contributed by atoms with Gasteiger partial charge in [-0.15, -0.1) is 5.06 Å². The van der Waals surface area contributed by atoms with Gasteiger partial charge < -0.3 is 24.6 Å². The van der Waals surface area contributed by atoms with Crippen molar-refractivity contribution in [3.63, 3.8) is 0 Å². The zero-order valence-electron chi connectivity index (χ0n) is 25.9. The van der Waals surface area contributed by atoms with Crippen molar-refractivity contribution >= 4 is 34.7 Å². The number of hydrogen-bond acceptors (Lipinski definition) is 10. The fraction of sp³-hybridized carbons (Fsp3) is 0.281. The van der Waals surface area contributed by atoms with E-state index in [1.165, 1.54) is 0 Å². The number of amides is 1. The van der Waals surface area contributed by atoms with E-state index in [4.69, 9.17) is 14.6 Å². The van der Waals surface area contributed by atoms with Gasteiger partial charge in [-0.2, -0.15) is 18.3 Å². The average molecular weight is 665 g/mol. The highest BCUT2D eigenvalue weighted by molar-refractivity contribution is 6.03. The molecule has 0 radical (unpaired) electrons. The standard InChI is InChI=1S/C32H31F3N8O5/c1-19-16-37-31(38-19)40-29(44)21-7-11-24(12-8-21)47-25-13-14-36-28-26(25)27(41-43(28)17-20-5-9-23(46-2)10-6-20)39-22-4-3-15-42(18-22)48-30(45)32(33,34)35/h5-14,16,22H,3-4,15,17-18H2,1-2H3,(H,39,41)(H2,37,38,40,44)/t22-/m1/s1. The summed E-state index contributed by atoms with van der Waals surface area (Å²) in [5, 5.41) is 12.4. The van der Waals surface area contributed by atoms with Gasteiger partial charge in [0, 0.05) is 42.3 Å². The summed E-state index contributed by atoms with van der Waals surface area (Å²) in [6, 6.07) is 15.3. The van der Waals surface area contributed by atoms with E-state index < -0.39 is 18.2 Å². The first-order valence-electron chi connectivity index (χ1n) is 15.0. The molecule has 0 aliphatic carbocycles. The number of aromatic nitrogens is 5. The number of nitrogens with one attached hydrogen (secondary N) is 3. The molecule has 3 N–H and O–H groups in total. The highest BCUT2D eigenvalue weighted by Gasteiger charge is 2.43. The first-order chi connectivity index (χ1) is 23.1. The van der Waals surface area contributed by atoms with Crippen molar-refractivity contribution in [2.45, 2.75) is 38.5 Å². The molecule has 6 rings (SSSR count). The summed E-state index contributed by atoms with van der Waals surface area (Å²) in [5.41, 5.74) is 2.61. The molecular formula is C32H31F3N8O5. The number of fused-ring (bicyclic) bond motifs is 1. The molecule has 2 aromatic carbocycles. The van der Waals surface area contributed by atoms with Gasteiger partial charge in [0.25, 0.3) is 5.91 Å². The molecular weight excluding hydrogens is 633 g/mol. The maximum Gasteiger partial charge on any atom is 0.492 e. The van der Waals surface area contributed by atoms with Crippen LogP contribution in [0.5, 0.6) is 17.2 Å². The highest BCUT2D eigenvalue weighted by Crippen LogP contribution is 2.35. The van der Waals surface area contributed by atoms with Gasteiger partial charge >= 0.3 is 12.1 Å². The number of aryl methyl sites for hydroxylation is 1. The zero-order chi connectivity index (χ0) is 33.8. The zero-order valence-corrected chi connectivity index (χ0v) is 25.9. The second kappa shape index (κ2) is 13.6. The van der Waals surface area contributed by atoms with Crippen LogP contribution >= 0.6 is 0 Å². The van der Waals surface area contributed by atoms with Crippen LogP contribution in [0.3, 0.4) is 0 Å². The molecule has 1 saturated heterocycles. The largest absolute Gasteiger partial charge is 0.497 e. The van der Waals surface area contributed by atoms with Gasteiger partial charge in [0.15, 0.2) is 11.5 Å². The smallest absolute Gasteiger partial charge is 0.492 e. The van der Waals surface area contributed by atoms with E-state index in [0.717, 1.165) is 16.3 Å². The number of aromatic amines is 1. The first-order valence-corrected chi connectivity index (χ1v) is 15.0. The number of rotatable bonds is 10. The lowest BCUT2D eigenvalue weighted by atomic mass is 10.1. The molecule has 1 fully saturated rings. The van der Waals surface area contributed by atoms with Crippen LogP contribution in [0.4, 0.5) is 24.9 Å². The Balaban J connectivity index is 1.27. The fourth-order valence-electron chi connectivity index (χ4n) is 5.23. The summed E-state index contributed by atoms with van der Waals surface area (Å²) in [5.74, 6) is -0.350. The van der Waals surface area contributed by atoms with E-state index in [-0.39, 0.29) is 19.0 Å². The molecule has 250 valence electrons. The van der Waals surface area contributed by atoms with E-state index in [1.807, 2.05) is 31.2 Å². The fourth-order valence-corrected chi connectivity index (χ4v) is 5.23. The molecule has 0 unspecified atom stereocenters. The van der Waals surface area contributed by atoms with Gasteiger partial charge in [0.2, 0.25) is 5.95 Å². The maximum absolute atomic E-state index is 12.8. The van der Waals surface area contributed by atoms with Crippen LogP contribution in [0.25, 0.3) is 11.0 Å². The molecule has 5 aromatic rings. The van der Waals surface area contributed by atoms with Crippen LogP contribution in [0.1, 0.15) is 34.5 Å².